The highest BCUT2D eigenvalue weighted by molar-refractivity contribution is 9.10. The van der Waals surface area contributed by atoms with Crippen molar-refractivity contribution >= 4 is 27.6 Å². The minimum Gasteiger partial charge on any atom is -0.493 e. The van der Waals surface area contributed by atoms with E-state index in [0.717, 1.165) is 21.3 Å². The third-order valence-corrected chi connectivity index (χ3v) is 6.30. The van der Waals surface area contributed by atoms with Gasteiger partial charge >= 0.3 is 5.97 Å². The third-order valence-electron chi connectivity index (χ3n) is 5.80. The first kappa shape index (κ1) is 21.3. The number of ether oxygens (including phenoxy) is 3. The van der Waals surface area contributed by atoms with E-state index in [-0.39, 0.29) is 17.4 Å². The Kier molecular flexibility index (Phi) is 5.41. The summed E-state index contributed by atoms with van der Waals surface area (Å²) < 4.78 is 18.0. The van der Waals surface area contributed by atoms with Crippen molar-refractivity contribution in [3.63, 3.8) is 0 Å². The zero-order chi connectivity index (χ0) is 23.1. The molecule has 1 N–H and O–H groups in total. The van der Waals surface area contributed by atoms with Gasteiger partial charge in [-0.1, -0.05) is 22.0 Å². The molecule has 3 heterocycles. The van der Waals surface area contributed by atoms with Crippen LogP contribution >= 0.6 is 15.9 Å². The fourth-order valence-electron chi connectivity index (χ4n) is 4.34. The van der Waals surface area contributed by atoms with Crippen molar-refractivity contribution in [1.29, 1.82) is 0 Å². The molecule has 2 atom stereocenters. The fraction of sp³-hybridized carbons (Fsp3) is 0.208. The van der Waals surface area contributed by atoms with Crippen LogP contribution in [0, 0.1) is 0 Å². The second-order valence-corrected chi connectivity index (χ2v) is 8.53. The van der Waals surface area contributed by atoms with Gasteiger partial charge in [0.05, 0.1) is 26.0 Å². The molecule has 2 aliphatic rings. The van der Waals surface area contributed by atoms with E-state index in [1.165, 1.54) is 14.2 Å². The van der Waals surface area contributed by atoms with E-state index in [1.807, 2.05) is 35.3 Å². The second kappa shape index (κ2) is 8.40. The molecule has 5 rings (SSSR count). The van der Waals surface area contributed by atoms with Gasteiger partial charge in [0.25, 0.3) is 0 Å². The lowest BCUT2D eigenvalue weighted by Gasteiger charge is -2.38. The normalized spacial score (nSPS) is 18.6. The fourth-order valence-corrected chi connectivity index (χ4v) is 4.72. The molecule has 33 heavy (non-hydrogen) atoms. The topological polar surface area (TPSA) is 93.5 Å². The van der Waals surface area contributed by atoms with Crippen LogP contribution in [-0.2, 0) is 0 Å². The Morgan fingerprint density at radius 3 is 2.73 bits per heavy atom. The van der Waals surface area contributed by atoms with Crippen molar-refractivity contribution in [3.05, 3.63) is 81.6 Å². The van der Waals surface area contributed by atoms with Crippen LogP contribution in [0.15, 0.2) is 64.4 Å². The lowest BCUT2D eigenvalue weighted by atomic mass is 9.95. The van der Waals surface area contributed by atoms with Crippen LogP contribution < -0.4 is 14.2 Å². The molecule has 0 bridgehead atoms. The lowest BCUT2D eigenvalue weighted by Crippen LogP contribution is -2.34. The van der Waals surface area contributed by atoms with Gasteiger partial charge < -0.3 is 19.3 Å². The number of hydrazone groups is 1. The number of benzene rings is 2. The van der Waals surface area contributed by atoms with E-state index in [2.05, 4.69) is 20.9 Å². The van der Waals surface area contributed by atoms with E-state index in [0.29, 0.717) is 23.5 Å². The van der Waals surface area contributed by atoms with Crippen LogP contribution in [0.4, 0.5) is 0 Å². The summed E-state index contributed by atoms with van der Waals surface area (Å²) in [5.74, 6) is 0.00703. The summed E-state index contributed by atoms with van der Waals surface area (Å²) in [6.07, 6.45) is 3.34. The number of aromatic nitrogens is 1. The number of pyridine rings is 1. The number of carboxylic acids is 1. The average Bonchev–Trinajstić information content (AvgIpc) is 3.29. The number of carboxylic acid groups (broad SMARTS) is 1. The van der Waals surface area contributed by atoms with Gasteiger partial charge in [-0.2, -0.15) is 5.10 Å². The SMILES string of the molecule is COc1ccc([C@@H]2Oc3ccc(Br)cc3[C@H]3CC(c4cccnc4)=NN32)c(C(=O)O)c1OC. The van der Waals surface area contributed by atoms with Crippen LogP contribution in [-0.4, -0.2) is 41.0 Å². The number of rotatable bonds is 5. The molecule has 2 aliphatic heterocycles. The van der Waals surface area contributed by atoms with Crippen molar-refractivity contribution in [1.82, 2.24) is 9.99 Å². The van der Waals surface area contributed by atoms with Crippen LogP contribution in [0.25, 0.3) is 0 Å². The Balaban J connectivity index is 1.68. The van der Waals surface area contributed by atoms with Crippen LogP contribution in [0.3, 0.4) is 0 Å². The van der Waals surface area contributed by atoms with Gasteiger partial charge in [-0.3, -0.25) is 4.98 Å². The molecule has 0 aliphatic carbocycles. The highest BCUT2D eigenvalue weighted by Gasteiger charge is 2.43. The minimum absolute atomic E-state index is 0.0220. The first-order chi connectivity index (χ1) is 16.0. The molecule has 0 radical (unpaired) electrons. The molecule has 0 fully saturated rings. The Morgan fingerprint density at radius 1 is 1.18 bits per heavy atom. The van der Waals surface area contributed by atoms with Gasteiger partial charge in [0.2, 0.25) is 6.23 Å². The van der Waals surface area contributed by atoms with E-state index in [1.54, 1.807) is 24.5 Å². The Morgan fingerprint density at radius 2 is 2.03 bits per heavy atom. The highest BCUT2D eigenvalue weighted by atomic mass is 79.9. The minimum atomic E-state index is -1.14. The van der Waals surface area contributed by atoms with Gasteiger partial charge in [0.1, 0.15) is 11.3 Å². The summed E-state index contributed by atoms with van der Waals surface area (Å²) in [7, 11) is 2.88. The molecule has 8 nitrogen and oxygen atoms in total. The summed E-state index contributed by atoms with van der Waals surface area (Å²) in [6.45, 7) is 0. The number of hydrogen-bond acceptors (Lipinski definition) is 7. The first-order valence-corrected chi connectivity index (χ1v) is 11.0. The summed E-state index contributed by atoms with van der Waals surface area (Å²) in [5.41, 5.74) is 3.14. The Bertz CT molecular complexity index is 1260. The van der Waals surface area contributed by atoms with Crippen molar-refractivity contribution in [2.45, 2.75) is 18.7 Å². The lowest BCUT2D eigenvalue weighted by molar-refractivity contribution is -0.0199. The molecule has 0 saturated heterocycles. The molecule has 1 aromatic heterocycles. The standard InChI is InChI=1S/C24H20BrN3O5/c1-31-20-8-6-15(21(24(29)30)22(20)32-2)23-28-18(16-10-14(25)5-7-19(16)33-23)11-17(27-28)13-4-3-9-26-12-13/h3-10,12,18,23H,11H2,1-2H3,(H,29,30)/t18-,23+/m1/s1. The van der Waals surface area contributed by atoms with E-state index in [4.69, 9.17) is 19.3 Å². The quantitative estimate of drug-likeness (QED) is 0.527. The zero-order valence-electron chi connectivity index (χ0n) is 17.9. The zero-order valence-corrected chi connectivity index (χ0v) is 19.4. The van der Waals surface area contributed by atoms with Crippen LogP contribution in [0.5, 0.6) is 17.2 Å². The Hall–Kier alpha value is -3.59. The highest BCUT2D eigenvalue weighted by Crippen LogP contribution is 2.50. The molecule has 0 unspecified atom stereocenters. The number of nitrogens with zero attached hydrogens (tertiary/aromatic N) is 3. The van der Waals surface area contributed by atoms with Crippen LogP contribution in [0.2, 0.25) is 0 Å². The number of methoxy groups -OCH3 is 2. The molecule has 3 aromatic rings. The second-order valence-electron chi connectivity index (χ2n) is 7.61. The Labute approximate surface area is 198 Å². The van der Waals surface area contributed by atoms with E-state index in [9.17, 15) is 9.90 Å². The maximum atomic E-state index is 12.3. The molecule has 0 amide bonds. The molecule has 9 heteroatoms. The van der Waals surface area contributed by atoms with Gasteiger partial charge in [0, 0.05) is 40.0 Å². The number of fused-ring (bicyclic) bond motifs is 3. The molecule has 0 saturated carbocycles. The smallest absolute Gasteiger partial charge is 0.340 e. The molecule has 0 spiro atoms. The largest absolute Gasteiger partial charge is 0.493 e. The monoisotopic (exact) mass is 509 g/mol. The van der Waals surface area contributed by atoms with Crippen molar-refractivity contribution in [2.24, 2.45) is 5.10 Å². The number of aromatic carboxylic acids is 1. The van der Waals surface area contributed by atoms with Crippen molar-refractivity contribution < 1.29 is 24.1 Å². The maximum Gasteiger partial charge on any atom is 0.340 e. The number of carbonyl (C=O) groups is 1. The summed E-state index contributed by atoms with van der Waals surface area (Å²) in [4.78, 5) is 16.5. The number of hydrogen-bond donors (Lipinski definition) is 1. The predicted molar refractivity (Wildman–Crippen MR) is 124 cm³/mol. The summed E-state index contributed by atoms with van der Waals surface area (Å²) >= 11 is 3.54. The molecule has 2 aromatic carbocycles. The average molecular weight is 510 g/mol. The van der Waals surface area contributed by atoms with E-state index >= 15 is 0 Å². The van der Waals surface area contributed by atoms with Gasteiger partial charge in [-0.25, -0.2) is 9.80 Å². The van der Waals surface area contributed by atoms with Gasteiger partial charge in [-0.15, -0.1) is 0 Å². The summed E-state index contributed by atoms with van der Waals surface area (Å²) in [6, 6.07) is 12.8. The van der Waals surface area contributed by atoms with Gasteiger partial charge in [-0.05, 0) is 36.4 Å². The summed E-state index contributed by atoms with van der Waals surface area (Å²) in [5, 5.41) is 16.8. The third kappa shape index (κ3) is 3.58. The van der Waals surface area contributed by atoms with Crippen molar-refractivity contribution in [3.8, 4) is 17.2 Å². The molecular formula is C24H20BrN3O5. The van der Waals surface area contributed by atoms with E-state index < -0.39 is 12.2 Å². The molecule has 168 valence electrons. The number of halogens is 1. The van der Waals surface area contributed by atoms with Crippen LogP contribution in [0.1, 0.15) is 45.7 Å². The van der Waals surface area contributed by atoms with Crippen molar-refractivity contribution in [2.75, 3.05) is 14.2 Å². The molecular weight excluding hydrogens is 490 g/mol. The predicted octanol–water partition coefficient (Wildman–Crippen LogP) is 4.80. The maximum absolute atomic E-state index is 12.3. The first-order valence-electron chi connectivity index (χ1n) is 10.2. The van der Waals surface area contributed by atoms with Gasteiger partial charge in [0.15, 0.2) is 11.5 Å².